The van der Waals surface area contributed by atoms with Crippen LogP contribution in [0.2, 0.25) is 0 Å². The Morgan fingerprint density at radius 3 is 2.88 bits per heavy atom. The number of carbonyl (C=O) groups is 1. The molecule has 32 heavy (non-hydrogen) atoms. The molecule has 4 rings (SSSR count). The van der Waals surface area contributed by atoms with E-state index in [-0.39, 0.29) is 6.54 Å². The van der Waals surface area contributed by atoms with E-state index in [1.54, 1.807) is 11.6 Å². The molecule has 9 nitrogen and oxygen atoms in total. The molecule has 1 aliphatic heterocycles. The van der Waals surface area contributed by atoms with Crippen molar-refractivity contribution < 1.29 is 19.0 Å². The van der Waals surface area contributed by atoms with Gasteiger partial charge in [-0.3, -0.25) is 4.79 Å². The summed E-state index contributed by atoms with van der Waals surface area (Å²) in [6.45, 7) is 3.43. The van der Waals surface area contributed by atoms with Crippen LogP contribution >= 0.6 is 11.3 Å². The fraction of sp³-hybridized carbons (Fsp3) is 0.381. The van der Waals surface area contributed by atoms with Gasteiger partial charge in [-0.2, -0.15) is 4.98 Å². The van der Waals surface area contributed by atoms with Gasteiger partial charge in [0.1, 0.15) is 29.8 Å². The van der Waals surface area contributed by atoms with E-state index in [4.69, 9.17) is 9.84 Å². The minimum absolute atomic E-state index is 0.0823. The largest absolute Gasteiger partial charge is 0.487 e. The van der Waals surface area contributed by atoms with Gasteiger partial charge in [-0.15, -0.1) is 11.3 Å². The van der Waals surface area contributed by atoms with E-state index >= 15 is 0 Å². The highest BCUT2D eigenvalue weighted by molar-refractivity contribution is 7.14. The normalized spacial score (nSPS) is 18.4. The molecule has 1 aliphatic rings. The topological polar surface area (TPSA) is 113 Å². The van der Waals surface area contributed by atoms with Crippen LogP contribution in [0.4, 0.5) is 15.3 Å². The van der Waals surface area contributed by atoms with Crippen LogP contribution in [0.1, 0.15) is 17.7 Å². The number of alkyl halides is 1. The van der Waals surface area contributed by atoms with E-state index in [1.807, 2.05) is 26.0 Å². The van der Waals surface area contributed by atoms with E-state index in [9.17, 15) is 9.18 Å². The van der Waals surface area contributed by atoms with E-state index < -0.39 is 24.8 Å². The highest BCUT2D eigenvalue weighted by Crippen LogP contribution is 2.28. The summed E-state index contributed by atoms with van der Waals surface area (Å²) >= 11 is 1.47. The lowest BCUT2D eigenvalue weighted by Crippen LogP contribution is -2.50. The SMILES string of the molecule is Cc1cc(-c2ncnc(Nc3scnc3C)n2)ccc1O[C@H]1CCN(C(=O)CO)C[C@H]1F. The monoisotopic (exact) mass is 458 g/mol. The van der Waals surface area contributed by atoms with Crippen molar-refractivity contribution in [2.24, 2.45) is 0 Å². The van der Waals surface area contributed by atoms with Crippen molar-refractivity contribution in [3.05, 3.63) is 41.3 Å². The van der Waals surface area contributed by atoms with Gasteiger partial charge in [-0.25, -0.2) is 19.3 Å². The van der Waals surface area contributed by atoms with Gasteiger partial charge in [-0.1, -0.05) is 0 Å². The maximum atomic E-state index is 14.5. The van der Waals surface area contributed by atoms with Gasteiger partial charge < -0.3 is 20.1 Å². The molecule has 0 aliphatic carbocycles. The summed E-state index contributed by atoms with van der Waals surface area (Å²) < 4.78 is 20.5. The van der Waals surface area contributed by atoms with Crippen molar-refractivity contribution >= 4 is 28.2 Å². The number of carbonyl (C=O) groups excluding carboxylic acids is 1. The number of piperidine rings is 1. The minimum atomic E-state index is -1.33. The summed E-state index contributed by atoms with van der Waals surface area (Å²) in [6, 6.07) is 5.47. The van der Waals surface area contributed by atoms with Crippen LogP contribution in [0.25, 0.3) is 11.4 Å². The van der Waals surface area contributed by atoms with Crippen LogP contribution < -0.4 is 10.1 Å². The molecule has 0 saturated carbocycles. The summed E-state index contributed by atoms with van der Waals surface area (Å²) in [5.74, 6) is 1.02. The van der Waals surface area contributed by atoms with Crippen molar-refractivity contribution in [2.75, 3.05) is 25.0 Å². The molecule has 1 saturated heterocycles. The number of aromatic nitrogens is 4. The number of hydrogen-bond acceptors (Lipinski definition) is 9. The number of aliphatic hydroxyl groups is 1. The Morgan fingerprint density at radius 1 is 1.34 bits per heavy atom. The fourth-order valence-electron chi connectivity index (χ4n) is 3.45. The summed E-state index contributed by atoms with van der Waals surface area (Å²) in [5.41, 5.74) is 4.21. The number of likely N-dealkylation sites (tertiary alicyclic amines) is 1. The lowest BCUT2D eigenvalue weighted by atomic mass is 10.0. The van der Waals surface area contributed by atoms with Gasteiger partial charge in [0.05, 0.1) is 17.7 Å². The summed E-state index contributed by atoms with van der Waals surface area (Å²) in [5, 5.41) is 13.0. The van der Waals surface area contributed by atoms with Crippen LogP contribution in [-0.4, -0.2) is 67.8 Å². The number of aliphatic hydroxyl groups excluding tert-OH is 1. The first-order valence-electron chi connectivity index (χ1n) is 10.1. The smallest absolute Gasteiger partial charge is 0.248 e. The molecular weight excluding hydrogens is 435 g/mol. The molecule has 0 unspecified atom stereocenters. The Labute approximate surface area is 188 Å². The van der Waals surface area contributed by atoms with Gasteiger partial charge >= 0.3 is 0 Å². The van der Waals surface area contributed by atoms with Crippen molar-refractivity contribution in [1.82, 2.24) is 24.8 Å². The van der Waals surface area contributed by atoms with E-state index in [0.29, 0.717) is 30.5 Å². The van der Waals surface area contributed by atoms with E-state index in [2.05, 4.69) is 25.3 Å². The average molecular weight is 459 g/mol. The zero-order valence-electron chi connectivity index (χ0n) is 17.7. The van der Waals surface area contributed by atoms with Crippen LogP contribution in [0, 0.1) is 13.8 Å². The quantitative estimate of drug-likeness (QED) is 0.580. The predicted molar refractivity (Wildman–Crippen MR) is 118 cm³/mol. The standard InChI is InChI=1S/C21H23FN6O3S/c1-12-7-14(19-23-10-24-21(26-19)27-20-13(2)25-11-32-20)3-4-16(12)31-17-5-6-28(8-15(17)22)18(30)9-29/h3-4,7,10-11,15,17,29H,5-6,8-9H2,1-2H3,(H,23,24,26,27)/t15-,17+/m1/s1. The molecule has 11 heteroatoms. The van der Waals surface area contributed by atoms with Gasteiger partial charge in [0.2, 0.25) is 11.9 Å². The predicted octanol–water partition coefficient (Wildman–Crippen LogP) is 2.67. The maximum Gasteiger partial charge on any atom is 0.248 e. The highest BCUT2D eigenvalue weighted by Gasteiger charge is 2.33. The number of nitrogens with zero attached hydrogens (tertiary/aromatic N) is 5. The number of amides is 1. The van der Waals surface area contributed by atoms with E-state index in [0.717, 1.165) is 21.8 Å². The number of rotatable bonds is 6. The average Bonchev–Trinajstić information content (AvgIpc) is 3.20. The molecule has 0 radical (unpaired) electrons. The molecule has 2 N–H and O–H groups in total. The second-order valence-electron chi connectivity index (χ2n) is 7.46. The summed E-state index contributed by atoms with van der Waals surface area (Å²) in [7, 11) is 0. The molecule has 2 atom stereocenters. The second kappa shape index (κ2) is 9.53. The molecule has 3 heterocycles. The Hall–Kier alpha value is -3.18. The van der Waals surface area contributed by atoms with Crippen molar-refractivity contribution in [1.29, 1.82) is 0 Å². The first-order valence-corrected chi connectivity index (χ1v) is 11.0. The number of nitrogens with one attached hydrogen (secondary N) is 1. The molecule has 168 valence electrons. The number of benzene rings is 1. The van der Waals surface area contributed by atoms with Crippen LogP contribution in [-0.2, 0) is 4.79 Å². The van der Waals surface area contributed by atoms with Gasteiger partial charge in [-0.05, 0) is 37.6 Å². The number of ether oxygens (including phenoxy) is 1. The Balaban J connectivity index is 1.45. The zero-order valence-corrected chi connectivity index (χ0v) is 18.5. The third kappa shape index (κ3) is 4.83. The molecular formula is C21H23FN6O3S. The molecule has 0 spiro atoms. The number of thiazole rings is 1. The molecule has 3 aromatic rings. The first-order chi connectivity index (χ1) is 15.4. The zero-order chi connectivity index (χ0) is 22.7. The lowest BCUT2D eigenvalue weighted by Gasteiger charge is -2.34. The van der Waals surface area contributed by atoms with Crippen molar-refractivity contribution in [2.45, 2.75) is 32.5 Å². The third-order valence-electron chi connectivity index (χ3n) is 5.22. The van der Waals surface area contributed by atoms with Crippen molar-refractivity contribution in [3.63, 3.8) is 0 Å². The Bertz CT molecular complexity index is 1110. The van der Waals surface area contributed by atoms with Crippen LogP contribution in [0.3, 0.4) is 0 Å². The lowest BCUT2D eigenvalue weighted by molar-refractivity contribution is -0.138. The first kappa shape index (κ1) is 22.0. The summed E-state index contributed by atoms with van der Waals surface area (Å²) in [6.07, 6.45) is -0.188. The molecule has 1 fully saturated rings. The van der Waals surface area contributed by atoms with Gasteiger partial charge in [0, 0.05) is 18.5 Å². The number of aryl methyl sites for hydroxylation is 2. The van der Waals surface area contributed by atoms with Crippen LogP contribution in [0.5, 0.6) is 5.75 Å². The third-order valence-corrected chi connectivity index (χ3v) is 6.07. The van der Waals surface area contributed by atoms with Gasteiger partial charge in [0.15, 0.2) is 12.0 Å². The van der Waals surface area contributed by atoms with Gasteiger partial charge in [0.25, 0.3) is 0 Å². The Kier molecular flexibility index (Phi) is 6.56. The fourth-order valence-corrected chi connectivity index (χ4v) is 4.14. The summed E-state index contributed by atoms with van der Waals surface area (Å²) in [4.78, 5) is 30.0. The minimum Gasteiger partial charge on any atom is -0.487 e. The molecule has 2 aromatic heterocycles. The number of anilines is 2. The molecule has 0 bridgehead atoms. The van der Waals surface area contributed by atoms with E-state index in [1.165, 1.54) is 22.6 Å². The highest BCUT2D eigenvalue weighted by atomic mass is 32.1. The van der Waals surface area contributed by atoms with Crippen LogP contribution in [0.15, 0.2) is 30.0 Å². The Morgan fingerprint density at radius 2 is 2.19 bits per heavy atom. The molecule has 1 amide bonds. The number of halogens is 1. The molecule has 1 aromatic carbocycles. The van der Waals surface area contributed by atoms with Crippen molar-refractivity contribution in [3.8, 4) is 17.1 Å². The number of hydrogen-bond donors (Lipinski definition) is 2. The maximum absolute atomic E-state index is 14.5. The second-order valence-corrected chi connectivity index (χ2v) is 8.32.